The molecule has 0 bridgehead atoms. The van der Waals surface area contributed by atoms with Crippen LogP contribution in [0.4, 0.5) is 0 Å². The lowest BCUT2D eigenvalue weighted by Gasteiger charge is -2.36. The molecule has 2 unspecified atom stereocenters. The Kier molecular flexibility index (Phi) is 3.92. The van der Waals surface area contributed by atoms with Crippen LogP contribution in [0.3, 0.4) is 0 Å². The van der Waals surface area contributed by atoms with Gasteiger partial charge < -0.3 is 14.6 Å². The average Bonchev–Trinajstić information content (AvgIpc) is 2.73. The maximum atomic E-state index is 10.9. The normalized spacial score (nSPS) is 28.3. The molecule has 18 heavy (non-hydrogen) atoms. The summed E-state index contributed by atoms with van der Waals surface area (Å²) in [4.78, 5) is 0. The molecule has 1 fully saturated rings. The summed E-state index contributed by atoms with van der Waals surface area (Å²) >= 11 is 0. The topological polar surface area (TPSA) is 56.5 Å². The molecule has 2 heterocycles. The molecule has 0 saturated carbocycles. The average molecular weight is 254 g/mol. The highest BCUT2D eigenvalue weighted by atomic mass is 16.5. The minimum absolute atomic E-state index is 0.0541. The molecule has 1 saturated heterocycles. The van der Waals surface area contributed by atoms with Crippen molar-refractivity contribution in [3.8, 4) is 5.75 Å². The lowest BCUT2D eigenvalue weighted by atomic mass is 9.87. The first-order valence-electron chi connectivity index (χ1n) is 6.55. The van der Waals surface area contributed by atoms with Crippen LogP contribution in [0.15, 0.2) is 6.20 Å². The van der Waals surface area contributed by atoms with Crippen LogP contribution in [-0.2, 0) is 16.9 Å². The van der Waals surface area contributed by atoms with Gasteiger partial charge in [0.25, 0.3) is 0 Å². The molecule has 1 aliphatic heterocycles. The maximum Gasteiger partial charge on any atom is 0.162 e. The SMILES string of the molecule is CCCn1ncc(OC)c1C1(O)CCOC(C)C1. The number of ether oxygens (including phenoxy) is 2. The van der Waals surface area contributed by atoms with Crippen molar-refractivity contribution in [1.29, 1.82) is 0 Å². The second kappa shape index (κ2) is 5.28. The van der Waals surface area contributed by atoms with E-state index in [0.717, 1.165) is 18.7 Å². The van der Waals surface area contributed by atoms with Crippen molar-refractivity contribution in [2.24, 2.45) is 0 Å². The fraction of sp³-hybridized carbons (Fsp3) is 0.769. The van der Waals surface area contributed by atoms with Crippen molar-refractivity contribution >= 4 is 0 Å². The van der Waals surface area contributed by atoms with Crippen molar-refractivity contribution in [2.75, 3.05) is 13.7 Å². The summed E-state index contributed by atoms with van der Waals surface area (Å²) in [6.45, 7) is 5.43. The van der Waals surface area contributed by atoms with Gasteiger partial charge in [-0.05, 0) is 13.3 Å². The van der Waals surface area contributed by atoms with Gasteiger partial charge in [0.2, 0.25) is 0 Å². The zero-order chi connectivity index (χ0) is 13.2. The summed E-state index contributed by atoms with van der Waals surface area (Å²) in [5, 5.41) is 15.2. The molecule has 0 aliphatic carbocycles. The summed E-state index contributed by atoms with van der Waals surface area (Å²) in [6, 6.07) is 0. The molecule has 102 valence electrons. The zero-order valence-electron chi connectivity index (χ0n) is 11.3. The highest BCUT2D eigenvalue weighted by Crippen LogP contribution is 2.39. The zero-order valence-corrected chi connectivity index (χ0v) is 11.3. The fourth-order valence-electron chi connectivity index (χ4n) is 2.65. The van der Waals surface area contributed by atoms with Crippen LogP contribution in [0.1, 0.15) is 38.8 Å². The van der Waals surface area contributed by atoms with Crippen molar-refractivity contribution in [1.82, 2.24) is 9.78 Å². The number of aromatic nitrogens is 2. The summed E-state index contributed by atoms with van der Waals surface area (Å²) < 4.78 is 12.7. The predicted molar refractivity (Wildman–Crippen MR) is 67.6 cm³/mol. The van der Waals surface area contributed by atoms with E-state index in [1.54, 1.807) is 13.3 Å². The fourth-order valence-corrected chi connectivity index (χ4v) is 2.65. The Morgan fingerprint density at radius 1 is 1.67 bits per heavy atom. The molecule has 5 nitrogen and oxygen atoms in total. The van der Waals surface area contributed by atoms with Crippen LogP contribution in [-0.4, -0.2) is 34.7 Å². The molecule has 0 aromatic carbocycles. The van der Waals surface area contributed by atoms with E-state index in [1.807, 2.05) is 11.6 Å². The Labute approximate surface area is 108 Å². The van der Waals surface area contributed by atoms with Crippen LogP contribution in [0, 0.1) is 0 Å². The van der Waals surface area contributed by atoms with E-state index in [0.29, 0.717) is 25.2 Å². The molecule has 2 atom stereocenters. The van der Waals surface area contributed by atoms with E-state index in [9.17, 15) is 5.11 Å². The Bertz CT molecular complexity index is 405. The third-order valence-corrected chi connectivity index (χ3v) is 3.45. The summed E-state index contributed by atoms with van der Waals surface area (Å²) in [5.74, 6) is 0.667. The summed E-state index contributed by atoms with van der Waals surface area (Å²) in [7, 11) is 1.61. The van der Waals surface area contributed by atoms with Crippen LogP contribution in [0.25, 0.3) is 0 Å². The van der Waals surface area contributed by atoms with E-state index in [-0.39, 0.29) is 6.10 Å². The van der Waals surface area contributed by atoms with Crippen molar-refractivity contribution in [2.45, 2.75) is 51.4 Å². The molecule has 2 rings (SSSR count). The standard InChI is InChI=1S/C13H22N2O3/c1-4-6-15-12(11(17-3)9-14-15)13(16)5-7-18-10(2)8-13/h9-10,16H,4-8H2,1-3H3. The molecule has 1 aromatic heterocycles. The Hall–Kier alpha value is -1.07. The Morgan fingerprint density at radius 3 is 3.06 bits per heavy atom. The van der Waals surface area contributed by atoms with Gasteiger partial charge in [0, 0.05) is 19.4 Å². The second-order valence-corrected chi connectivity index (χ2v) is 4.95. The van der Waals surface area contributed by atoms with Gasteiger partial charge in [-0.15, -0.1) is 0 Å². The number of hydrogen-bond donors (Lipinski definition) is 1. The van der Waals surface area contributed by atoms with Gasteiger partial charge in [0.05, 0.1) is 26.0 Å². The third kappa shape index (κ3) is 2.37. The minimum atomic E-state index is -0.894. The molecule has 0 spiro atoms. The highest BCUT2D eigenvalue weighted by Gasteiger charge is 2.40. The molecule has 5 heteroatoms. The van der Waals surface area contributed by atoms with Crippen molar-refractivity contribution in [3.05, 3.63) is 11.9 Å². The molecule has 1 N–H and O–H groups in total. The number of methoxy groups -OCH3 is 1. The van der Waals surface area contributed by atoms with E-state index < -0.39 is 5.60 Å². The van der Waals surface area contributed by atoms with E-state index in [1.165, 1.54) is 0 Å². The van der Waals surface area contributed by atoms with Gasteiger partial charge in [-0.1, -0.05) is 6.92 Å². The Balaban J connectivity index is 2.37. The van der Waals surface area contributed by atoms with Gasteiger partial charge in [0.15, 0.2) is 5.75 Å². The molecule has 0 amide bonds. The third-order valence-electron chi connectivity index (χ3n) is 3.45. The molecular formula is C13H22N2O3. The van der Waals surface area contributed by atoms with E-state index in [2.05, 4.69) is 12.0 Å². The smallest absolute Gasteiger partial charge is 0.162 e. The second-order valence-electron chi connectivity index (χ2n) is 4.95. The monoisotopic (exact) mass is 254 g/mol. The first-order chi connectivity index (χ1) is 8.60. The van der Waals surface area contributed by atoms with Crippen LogP contribution in [0.5, 0.6) is 5.75 Å². The summed E-state index contributed by atoms with van der Waals surface area (Å²) in [5.41, 5.74) is -0.101. The largest absolute Gasteiger partial charge is 0.493 e. The van der Waals surface area contributed by atoms with Gasteiger partial charge in [-0.2, -0.15) is 5.10 Å². The Morgan fingerprint density at radius 2 is 2.44 bits per heavy atom. The lowest BCUT2D eigenvalue weighted by Crippen LogP contribution is -2.39. The van der Waals surface area contributed by atoms with Gasteiger partial charge >= 0.3 is 0 Å². The van der Waals surface area contributed by atoms with Crippen molar-refractivity contribution in [3.63, 3.8) is 0 Å². The number of aryl methyl sites for hydroxylation is 1. The number of nitrogens with zero attached hydrogens (tertiary/aromatic N) is 2. The van der Waals surface area contributed by atoms with Crippen molar-refractivity contribution < 1.29 is 14.6 Å². The van der Waals surface area contributed by atoms with Crippen LogP contribution in [0.2, 0.25) is 0 Å². The van der Waals surface area contributed by atoms with Gasteiger partial charge in [0.1, 0.15) is 11.3 Å². The van der Waals surface area contributed by atoms with Gasteiger partial charge in [-0.25, -0.2) is 0 Å². The van der Waals surface area contributed by atoms with E-state index in [4.69, 9.17) is 9.47 Å². The number of hydrogen-bond acceptors (Lipinski definition) is 4. The number of rotatable bonds is 4. The molecular weight excluding hydrogens is 232 g/mol. The van der Waals surface area contributed by atoms with Gasteiger partial charge in [-0.3, -0.25) is 4.68 Å². The lowest BCUT2D eigenvalue weighted by molar-refractivity contribution is -0.106. The molecule has 0 radical (unpaired) electrons. The quantitative estimate of drug-likeness (QED) is 0.888. The minimum Gasteiger partial charge on any atom is -0.493 e. The molecule has 1 aromatic rings. The predicted octanol–water partition coefficient (Wildman–Crippen LogP) is 1.69. The molecule has 1 aliphatic rings. The van der Waals surface area contributed by atoms with Crippen LogP contribution >= 0.6 is 0 Å². The first-order valence-corrected chi connectivity index (χ1v) is 6.55. The maximum absolute atomic E-state index is 10.9. The van der Waals surface area contributed by atoms with E-state index >= 15 is 0 Å². The summed E-state index contributed by atoms with van der Waals surface area (Å²) in [6.07, 6.45) is 3.88. The highest BCUT2D eigenvalue weighted by molar-refractivity contribution is 5.31. The van der Waals surface area contributed by atoms with Crippen LogP contribution < -0.4 is 4.74 Å². The first kappa shape index (κ1) is 13.4. The number of aliphatic hydroxyl groups is 1.